The molecule has 0 unspecified atom stereocenters. The van der Waals surface area contributed by atoms with Crippen molar-refractivity contribution in [3.05, 3.63) is 77.7 Å². The van der Waals surface area contributed by atoms with Crippen molar-refractivity contribution in [2.75, 3.05) is 11.1 Å². The zero-order valence-corrected chi connectivity index (χ0v) is 16.5. The van der Waals surface area contributed by atoms with Gasteiger partial charge in [0.25, 0.3) is 0 Å². The smallest absolute Gasteiger partial charge is 0.234 e. The fourth-order valence-electron chi connectivity index (χ4n) is 2.64. The summed E-state index contributed by atoms with van der Waals surface area (Å²) in [6.45, 7) is 0. The van der Waals surface area contributed by atoms with Crippen molar-refractivity contribution < 1.29 is 13.6 Å². The van der Waals surface area contributed by atoms with Crippen molar-refractivity contribution in [2.24, 2.45) is 0 Å². The van der Waals surface area contributed by atoms with Gasteiger partial charge in [0, 0.05) is 17.4 Å². The number of para-hydroxylation sites is 1. The molecular formula is C20H14F2N4OS2. The van der Waals surface area contributed by atoms with E-state index < -0.39 is 11.6 Å². The number of thiophene rings is 1. The number of aromatic nitrogens is 3. The van der Waals surface area contributed by atoms with Crippen LogP contribution in [0, 0.1) is 11.6 Å². The molecule has 2 aromatic carbocycles. The highest BCUT2D eigenvalue weighted by Gasteiger charge is 2.18. The van der Waals surface area contributed by atoms with Crippen LogP contribution in [0.5, 0.6) is 0 Å². The average Bonchev–Trinajstić information content (AvgIpc) is 3.39. The number of carbonyl (C=O) groups excluding carboxylic acids is 1. The van der Waals surface area contributed by atoms with E-state index in [-0.39, 0.29) is 17.3 Å². The highest BCUT2D eigenvalue weighted by Crippen LogP contribution is 2.30. The molecule has 5 nitrogen and oxygen atoms in total. The van der Waals surface area contributed by atoms with Crippen LogP contribution in [0.15, 0.2) is 71.2 Å². The summed E-state index contributed by atoms with van der Waals surface area (Å²) < 4.78 is 28.2. The van der Waals surface area contributed by atoms with Gasteiger partial charge in [-0.3, -0.25) is 9.36 Å². The third-order valence-electron chi connectivity index (χ3n) is 3.93. The van der Waals surface area contributed by atoms with Gasteiger partial charge in [0.1, 0.15) is 0 Å². The number of anilines is 1. The minimum absolute atomic E-state index is 0.0361. The fraction of sp³-hybridized carbons (Fsp3) is 0.0500. The molecule has 0 aliphatic rings. The molecule has 0 saturated carbocycles. The number of thioether (sulfide) groups is 1. The van der Waals surface area contributed by atoms with Crippen LogP contribution >= 0.6 is 23.1 Å². The molecule has 2 heterocycles. The summed E-state index contributed by atoms with van der Waals surface area (Å²) in [5.74, 6) is -1.61. The minimum atomic E-state index is -1.01. The Morgan fingerprint density at radius 2 is 1.86 bits per heavy atom. The van der Waals surface area contributed by atoms with Crippen molar-refractivity contribution in [1.29, 1.82) is 0 Å². The number of hydrogen-bond donors (Lipinski definition) is 1. The van der Waals surface area contributed by atoms with Crippen molar-refractivity contribution in [2.45, 2.75) is 5.16 Å². The van der Waals surface area contributed by atoms with Gasteiger partial charge in [-0.2, -0.15) is 0 Å². The lowest BCUT2D eigenvalue weighted by molar-refractivity contribution is -0.113. The molecule has 0 atom stereocenters. The Morgan fingerprint density at radius 3 is 2.59 bits per heavy atom. The Hall–Kier alpha value is -3.04. The highest BCUT2D eigenvalue weighted by molar-refractivity contribution is 7.99. The Bertz CT molecular complexity index is 1130. The van der Waals surface area contributed by atoms with E-state index in [4.69, 9.17) is 0 Å². The Kier molecular flexibility index (Phi) is 5.68. The first-order chi connectivity index (χ1) is 14.1. The third kappa shape index (κ3) is 4.36. The van der Waals surface area contributed by atoms with E-state index in [1.807, 2.05) is 52.4 Å². The van der Waals surface area contributed by atoms with Crippen LogP contribution < -0.4 is 5.32 Å². The standard InChI is InChI=1S/C20H14F2N4OS2/c21-15-9-8-13(11-16(15)22)23-18(27)12-29-20-25-24-19(17-7-4-10-28-17)26(20)14-5-2-1-3-6-14/h1-11H,12H2,(H,23,27). The number of carbonyl (C=O) groups is 1. The third-order valence-corrected chi connectivity index (χ3v) is 5.72. The highest BCUT2D eigenvalue weighted by atomic mass is 32.2. The van der Waals surface area contributed by atoms with Gasteiger partial charge in [0.15, 0.2) is 22.6 Å². The van der Waals surface area contributed by atoms with Gasteiger partial charge in [0.2, 0.25) is 5.91 Å². The van der Waals surface area contributed by atoms with Crippen LogP contribution in [-0.2, 0) is 4.79 Å². The molecule has 1 N–H and O–H groups in total. The minimum Gasteiger partial charge on any atom is -0.325 e. The Morgan fingerprint density at radius 1 is 1.03 bits per heavy atom. The Labute approximate surface area is 173 Å². The lowest BCUT2D eigenvalue weighted by Crippen LogP contribution is -2.14. The second-order valence-corrected chi connectivity index (χ2v) is 7.81. The van der Waals surface area contributed by atoms with Gasteiger partial charge in [0.05, 0.1) is 10.6 Å². The number of halogens is 2. The summed E-state index contributed by atoms with van der Waals surface area (Å²) >= 11 is 2.76. The van der Waals surface area contributed by atoms with Crippen molar-refractivity contribution in [3.8, 4) is 16.4 Å². The molecule has 1 amide bonds. The van der Waals surface area contributed by atoms with Gasteiger partial charge >= 0.3 is 0 Å². The molecule has 4 rings (SSSR count). The molecule has 0 radical (unpaired) electrons. The van der Waals surface area contributed by atoms with E-state index in [1.165, 1.54) is 17.8 Å². The second kappa shape index (κ2) is 8.54. The molecule has 0 bridgehead atoms. The first kappa shape index (κ1) is 19.3. The summed E-state index contributed by atoms with van der Waals surface area (Å²) in [6, 6.07) is 16.7. The molecule has 146 valence electrons. The van der Waals surface area contributed by atoms with Gasteiger partial charge in [-0.05, 0) is 35.7 Å². The number of nitrogens with zero attached hydrogens (tertiary/aromatic N) is 3. The van der Waals surface area contributed by atoms with E-state index in [1.54, 1.807) is 11.3 Å². The topological polar surface area (TPSA) is 59.8 Å². The van der Waals surface area contributed by atoms with Crippen LogP contribution in [0.3, 0.4) is 0 Å². The lowest BCUT2D eigenvalue weighted by Gasteiger charge is -2.09. The van der Waals surface area contributed by atoms with Crippen molar-refractivity contribution in [1.82, 2.24) is 14.8 Å². The molecule has 2 aromatic heterocycles. The first-order valence-electron chi connectivity index (χ1n) is 8.54. The maximum Gasteiger partial charge on any atom is 0.234 e. The number of amides is 1. The maximum atomic E-state index is 13.3. The summed E-state index contributed by atoms with van der Waals surface area (Å²) in [4.78, 5) is 13.2. The zero-order valence-electron chi connectivity index (χ0n) is 14.9. The molecular weight excluding hydrogens is 414 g/mol. The summed E-state index contributed by atoms with van der Waals surface area (Å²) in [5.41, 5.74) is 1.07. The van der Waals surface area contributed by atoms with E-state index in [2.05, 4.69) is 15.5 Å². The van der Waals surface area contributed by atoms with Crippen LogP contribution in [0.1, 0.15) is 0 Å². The average molecular weight is 428 g/mol. The summed E-state index contributed by atoms with van der Waals surface area (Å²) in [7, 11) is 0. The molecule has 0 aliphatic heterocycles. The lowest BCUT2D eigenvalue weighted by atomic mass is 10.3. The van der Waals surface area contributed by atoms with Crippen LogP contribution in [0.2, 0.25) is 0 Å². The number of rotatable bonds is 6. The van der Waals surface area contributed by atoms with E-state index in [9.17, 15) is 13.6 Å². The SMILES string of the molecule is O=C(CSc1nnc(-c2cccs2)n1-c1ccccc1)Nc1ccc(F)c(F)c1. The largest absolute Gasteiger partial charge is 0.325 e. The molecule has 4 aromatic rings. The summed E-state index contributed by atoms with van der Waals surface area (Å²) in [5, 5.41) is 13.6. The fourth-order valence-corrected chi connectivity index (χ4v) is 4.09. The quantitative estimate of drug-likeness (QED) is 0.439. The molecule has 0 spiro atoms. The second-order valence-electron chi connectivity index (χ2n) is 5.92. The van der Waals surface area contributed by atoms with Gasteiger partial charge < -0.3 is 5.32 Å². The molecule has 9 heteroatoms. The van der Waals surface area contributed by atoms with Crippen molar-refractivity contribution in [3.63, 3.8) is 0 Å². The summed E-state index contributed by atoms with van der Waals surface area (Å²) in [6.07, 6.45) is 0. The molecule has 29 heavy (non-hydrogen) atoms. The van der Waals surface area contributed by atoms with Gasteiger partial charge in [-0.25, -0.2) is 8.78 Å². The molecule has 0 aliphatic carbocycles. The van der Waals surface area contributed by atoms with E-state index in [0.717, 1.165) is 22.7 Å². The zero-order chi connectivity index (χ0) is 20.2. The molecule has 0 saturated heterocycles. The monoisotopic (exact) mass is 428 g/mol. The normalized spacial score (nSPS) is 10.8. The Balaban J connectivity index is 1.54. The van der Waals surface area contributed by atoms with Crippen LogP contribution in [0.4, 0.5) is 14.5 Å². The molecule has 0 fully saturated rings. The van der Waals surface area contributed by atoms with Crippen LogP contribution in [-0.4, -0.2) is 26.4 Å². The predicted octanol–water partition coefficient (Wildman–Crippen LogP) is 5.00. The van der Waals surface area contributed by atoms with Crippen LogP contribution in [0.25, 0.3) is 16.4 Å². The maximum absolute atomic E-state index is 13.3. The number of benzene rings is 2. The van der Waals surface area contributed by atoms with E-state index in [0.29, 0.717) is 11.0 Å². The predicted molar refractivity (Wildman–Crippen MR) is 110 cm³/mol. The first-order valence-corrected chi connectivity index (χ1v) is 10.4. The van der Waals surface area contributed by atoms with Gasteiger partial charge in [-0.15, -0.1) is 21.5 Å². The number of hydrogen-bond acceptors (Lipinski definition) is 5. The van der Waals surface area contributed by atoms with E-state index >= 15 is 0 Å². The van der Waals surface area contributed by atoms with Crippen molar-refractivity contribution >= 4 is 34.7 Å². The van der Waals surface area contributed by atoms with Gasteiger partial charge in [-0.1, -0.05) is 36.0 Å². The number of nitrogens with one attached hydrogen (secondary N) is 1.